The molecule has 1 aromatic rings. The first-order chi connectivity index (χ1) is 9.52. The maximum absolute atomic E-state index is 13.3. The first-order valence-electron chi connectivity index (χ1n) is 6.53. The number of hydrogen-bond acceptors (Lipinski definition) is 3. The molecule has 4 nitrogen and oxygen atoms in total. The molecule has 1 fully saturated rings. The van der Waals surface area contributed by atoms with Crippen LogP contribution in [-0.4, -0.2) is 41.8 Å². The molecule has 0 bridgehead atoms. The van der Waals surface area contributed by atoms with Crippen molar-refractivity contribution in [3.8, 4) is 0 Å². The SMILES string of the molecule is O=C(O)COC1CCN(Cc2cc(F)cc(Br)c2)CC1. The molecule has 0 spiro atoms. The molecule has 1 aliphatic heterocycles. The summed E-state index contributed by atoms with van der Waals surface area (Å²) in [4.78, 5) is 12.7. The summed E-state index contributed by atoms with van der Waals surface area (Å²) < 4.78 is 19.3. The molecule has 1 aromatic carbocycles. The number of aliphatic carboxylic acids is 1. The van der Waals surface area contributed by atoms with Gasteiger partial charge < -0.3 is 9.84 Å². The van der Waals surface area contributed by atoms with Gasteiger partial charge in [-0.05, 0) is 36.6 Å². The molecule has 1 saturated heterocycles. The number of carboxylic acids is 1. The van der Waals surface area contributed by atoms with E-state index >= 15 is 0 Å². The van der Waals surface area contributed by atoms with Crippen molar-refractivity contribution in [2.24, 2.45) is 0 Å². The van der Waals surface area contributed by atoms with Crippen LogP contribution in [0.4, 0.5) is 4.39 Å². The van der Waals surface area contributed by atoms with Gasteiger partial charge in [-0.25, -0.2) is 9.18 Å². The highest BCUT2D eigenvalue weighted by Crippen LogP contribution is 2.19. The molecule has 2 rings (SSSR count). The summed E-state index contributed by atoms with van der Waals surface area (Å²) in [6.07, 6.45) is 1.63. The van der Waals surface area contributed by atoms with Gasteiger partial charge in [-0.2, -0.15) is 0 Å². The van der Waals surface area contributed by atoms with Crippen molar-refractivity contribution in [3.05, 3.63) is 34.1 Å². The minimum atomic E-state index is -0.933. The Morgan fingerprint density at radius 3 is 2.70 bits per heavy atom. The molecule has 1 N–H and O–H groups in total. The second-order valence-electron chi connectivity index (χ2n) is 4.96. The number of carboxylic acid groups (broad SMARTS) is 1. The minimum Gasteiger partial charge on any atom is -0.480 e. The number of ether oxygens (including phenoxy) is 1. The maximum Gasteiger partial charge on any atom is 0.329 e. The summed E-state index contributed by atoms with van der Waals surface area (Å²) in [7, 11) is 0. The van der Waals surface area contributed by atoms with Gasteiger partial charge in [0.05, 0.1) is 6.10 Å². The summed E-state index contributed by atoms with van der Waals surface area (Å²) in [5.74, 6) is -1.17. The Morgan fingerprint density at radius 2 is 2.10 bits per heavy atom. The Kier molecular flexibility index (Phi) is 5.51. The Bertz CT molecular complexity index is 455. The van der Waals surface area contributed by atoms with Crippen molar-refractivity contribution in [2.75, 3.05) is 19.7 Å². The number of piperidine rings is 1. The molecule has 0 amide bonds. The van der Waals surface area contributed by atoms with Crippen LogP contribution in [0.5, 0.6) is 0 Å². The Balaban J connectivity index is 1.80. The van der Waals surface area contributed by atoms with Crippen molar-refractivity contribution in [1.29, 1.82) is 0 Å². The molecule has 0 radical (unpaired) electrons. The number of carbonyl (C=O) groups is 1. The molecule has 0 unspecified atom stereocenters. The van der Waals surface area contributed by atoms with Gasteiger partial charge in [-0.15, -0.1) is 0 Å². The lowest BCUT2D eigenvalue weighted by molar-refractivity contribution is -0.145. The van der Waals surface area contributed by atoms with Crippen LogP contribution in [-0.2, 0) is 16.1 Å². The quantitative estimate of drug-likeness (QED) is 0.891. The van der Waals surface area contributed by atoms with Crippen LogP contribution in [0.3, 0.4) is 0 Å². The second-order valence-corrected chi connectivity index (χ2v) is 5.87. The fourth-order valence-corrected chi connectivity index (χ4v) is 2.90. The molecule has 20 heavy (non-hydrogen) atoms. The Hall–Kier alpha value is -0.980. The summed E-state index contributed by atoms with van der Waals surface area (Å²) in [5, 5.41) is 8.57. The zero-order chi connectivity index (χ0) is 14.5. The molecule has 110 valence electrons. The van der Waals surface area contributed by atoms with Crippen LogP contribution < -0.4 is 0 Å². The third-order valence-corrected chi connectivity index (χ3v) is 3.76. The Morgan fingerprint density at radius 1 is 1.40 bits per heavy atom. The van der Waals surface area contributed by atoms with Gasteiger partial charge in [0.15, 0.2) is 0 Å². The summed E-state index contributed by atoms with van der Waals surface area (Å²) in [6.45, 7) is 2.13. The van der Waals surface area contributed by atoms with E-state index in [1.54, 1.807) is 0 Å². The van der Waals surface area contributed by atoms with Crippen LogP contribution in [0.1, 0.15) is 18.4 Å². The van der Waals surface area contributed by atoms with Gasteiger partial charge in [-0.3, -0.25) is 4.90 Å². The lowest BCUT2D eigenvalue weighted by atomic mass is 10.1. The molecular formula is C14H17BrFNO3. The normalized spacial score (nSPS) is 17.3. The maximum atomic E-state index is 13.3. The van der Waals surface area contributed by atoms with Crippen molar-refractivity contribution in [3.63, 3.8) is 0 Å². The smallest absolute Gasteiger partial charge is 0.329 e. The molecule has 1 heterocycles. The van der Waals surface area contributed by atoms with Crippen LogP contribution in [0, 0.1) is 5.82 Å². The van der Waals surface area contributed by atoms with Gasteiger partial charge in [0.25, 0.3) is 0 Å². The van der Waals surface area contributed by atoms with Crippen LogP contribution in [0.2, 0.25) is 0 Å². The highest BCUT2D eigenvalue weighted by Gasteiger charge is 2.20. The minimum absolute atomic E-state index is 0.0154. The first kappa shape index (κ1) is 15.4. The third kappa shape index (κ3) is 4.85. The first-order valence-corrected chi connectivity index (χ1v) is 7.33. The fraction of sp³-hybridized carbons (Fsp3) is 0.500. The van der Waals surface area contributed by atoms with E-state index in [1.165, 1.54) is 12.1 Å². The number of hydrogen-bond donors (Lipinski definition) is 1. The predicted molar refractivity (Wildman–Crippen MR) is 76.0 cm³/mol. The van der Waals surface area contributed by atoms with E-state index in [2.05, 4.69) is 20.8 Å². The van der Waals surface area contributed by atoms with Crippen LogP contribution in [0.25, 0.3) is 0 Å². The van der Waals surface area contributed by atoms with Gasteiger partial charge in [-0.1, -0.05) is 15.9 Å². The van der Waals surface area contributed by atoms with E-state index in [0.717, 1.165) is 36.0 Å². The lowest BCUT2D eigenvalue weighted by Crippen LogP contribution is -2.37. The zero-order valence-electron chi connectivity index (χ0n) is 11.0. The number of rotatable bonds is 5. The van der Waals surface area contributed by atoms with Crippen molar-refractivity contribution >= 4 is 21.9 Å². The number of halogens is 2. The standard InChI is InChI=1S/C14H17BrFNO3/c15-11-5-10(6-12(16)7-11)8-17-3-1-13(2-4-17)20-9-14(18)19/h5-7,13H,1-4,8-9H2,(H,18,19). The van der Waals surface area contributed by atoms with E-state index < -0.39 is 5.97 Å². The number of benzene rings is 1. The van der Waals surface area contributed by atoms with Gasteiger partial charge in [0, 0.05) is 24.1 Å². The molecule has 0 aliphatic carbocycles. The molecule has 0 saturated carbocycles. The fourth-order valence-electron chi connectivity index (χ4n) is 2.38. The number of likely N-dealkylation sites (tertiary alicyclic amines) is 1. The third-order valence-electron chi connectivity index (χ3n) is 3.31. The second kappa shape index (κ2) is 7.15. The van der Waals surface area contributed by atoms with Gasteiger partial charge in [0.1, 0.15) is 12.4 Å². The predicted octanol–water partition coefficient (Wildman–Crippen LogP) is 2.65. The average molecular weight is 346 g/mol. The Labute approximate surface area is 125 Å². The van der Waals surface area contributed by atoms with Gasteiger partial charge >= 0.3 is 5.97 Å². The van der Waals surface area contributed by atoms with E-state index in [0.29, 0.717) is 6.54 Å². The molecule has 0 atom stereocenters. The average Bonchev–Trinajstić information content (AvgIpc) is 2.36. The summed E-state index contributed by atoms with van der Waals surface area (Å²) in [5.41, 5.74) is 0.932. The number of nitrogens with zero attached hydrogens (tertiary/aromatic N) is 1. The van der Waals surface area contributed by atoms with E-state index in [9.17, 15) is 9.18 Å². The monoisotopic (exact) mass is 345 g/mol. The topological polar surface area (TPSA) is 49.8 Å². The van der Waals surface area contributed by atoms with E-state index in [-0.39, 0.29) is 18.5 Å². The van der Waals surface area contributed by atoms with Crippen LogP contribution in [0.15, 0.2) is 22.7 Å². The largest absolute Gasteiger partial charge is 0.480 e. The van der Waals surface area contributed by atoms with E-state index in [1.807, 2.05) is 6.07 Å². The van der Waals surface area contributed by atoms with Crippen molar-refractivity contribution < 1.29 is 19.0 Å². The van der Waals surface area contributed by atoms with E-state index in [4.69, 9.17) is 9.84 Å². The highest BCUT2D eigenvalue weighted by atomic mass is 79.9. The van der Waals surface area contributed by atoms with Crippen molar-refractivity contribution in [2.45, 2.75) is 25.5 Å². The molecule has 1 aliphatic rings. The molecular weight excluding hydrogens is 329 g/mol. The van der Waals surface area contributed by atoms with Gasteiger partial charge in [0.2, 0.25) is 0 Å². The van der Waals surface area contributed by atoms with Crippen molar-refractivity contribution in [1.82, 2.24) is 4.90 Å². The zero-order valence-corrected chi connectivity index (χ0v) is 12.6. The molecule has 6 heteroatoms. The highest BCUT2D eigenvalue weighted by molar-refractivity contribution is 9.10. The lowest BCUT2D eigenvalue weighted by Gasteiger charge is -2.31. The van der Waals surface area contributed by atoms with Crippen LogP contribution >= 0.6 is 15.9 Å². The molecule has 0 aromatic heterocycles. The summed E-state index contributed by atoms with van der Waals surface area (Å²) in [6, 6.07) is 4.89. The summed E-state index contributed by atoms with van der Waals surface area (Å²) >= 11 is 3.29.